The molecule has 2 aliphatic heterocycles. The lowest BCUT2D eigenvalue weighted by atomic mass is 10.1. The molecule has 2 aromatic carbocycles. The number of aryl methyl sites for hydroxylation is 3. The van der Waals surface area contributed by atoms with Gasteiger partial charge in [0.25, 0.3) is 5.91 Å². The lowest BCUT2D eigenvalue weighted by Crippen LogP contribution is -2.43. The third-order valence-corrected chi connectivity index (χ3v) is 8.04. The Balaban J connectivity index is 1.63. The number of para-hydroxylation sites is 1. The van der Waals surface area contributed by atoms with E-state index in [4.69, 9.17) is 4.74 Å². The standard InChI is InChI=1S/C23H27N3O5S/c1-4-16-8-5-7-14(2)22(16)25-23(28)18-9-6-10-26(18)32(29,30)20-12-19-17(11-15(20)3)24-21(27)13-31-19/h5,7-8,11-12,18H,4,6,9-10,13H2,1-3H3,(H,24,27)(H,25,28)/t18-/m1/s1. The summed E-state index contributed by atoms with van der Waals surface area (Å²) in [5, 5.41) is 5.66. The molecule has 2 aliphatic rings. The lowest BCUT2D eigenvalue weighted by molar-refractivity contribution is -0.119. The number of anilines is 2. The molecule has 9 heteroatoms. The molecule has 0 unspecified atom stereocenters. The minimum atomic E-state index is -3.95. The largest absolute Gasteiger partial charge is 0.482 e. The van der Waals surface area contributed by atoms with Gasteiger partial charge in [-0.3, -0.25) is 9.59 Å². The summed E-state index contributed by atoms with van der Waals surface area (Å²) in [6.45, 7) is 5.71. The van der Waals surface area contributed by atoms with Crippen LogP contribution in [0.4, 0.5) is 11.4 Å². The van der Waals surface area contributed by atoms with Gasteiger partial charge in [-0.1, -0.05) is 25.1 Å². The highest BCUT2D eigenvalue weighted by molar-refractivity contribution is 7.89. The Hall–Kier alpha value is -2.91. The monoisotopic (exact) mass is 457 g/mol. The van der Waals surface area contributed by atoms with E-state index in [0.29, 0.717) is 29.8 Å². The number of nitrogens with one attached hydrogen (secondary N) is 2. The first kappa shape index (κ1) is 22.3. The van der Waals surface area contributed by atoms with Crippen molar-refractivity contribution in [3.05, 3.63) is 47.0 Å². The molecule has 2 N–H and O–H groups in total. The average molecular weight is 458 g/mol. The summed E-state index contributed by atoms with van der Waals surface area (Å²) in [5.41, 5.74) is 3.62. The van der Waals surface area contributed by atoms with Crippen LogP contribution < -0.4 is 15.4 Å². The van der Waals surface area contributed by atoms with Gasteiger partial charge in [-0.2, -0.15) is 4.31 Å². The van der Waals surface area contributed by atoms with Crippen molar-refractivity contribution in [3.8, 4) is 5.75 Å². The average Bonchev–Trinajstić information content (AvgIpc) is 3.25. The third-order valence-electron chi connectivity index (χ3n) is 5.99. The van der Waals surface area contributed by atoms with E-state index in [-0.39, 0.29) is 29.9 Å². The molecule has 0 bridgehead atoms. The van der Waals surface area contributed by atoms with Gasteiger partial charge < -0.3 is 15.4 Å². The van der Waals surface area contributed by atoms with Gasteiger partial charge in [0, 0.05) is 18.3 Å². The molecular formula is C23H27N3O5S. The topological polar surface area (TPSA) is 105 Å². The number of hydrogen-bond donors (Lipinski definition) is 2. The SMILES string of the molecule is CCc1cccc(C)c1NC(=O)[C@H]1CCCN1S(=O)(=O)c1cc2c(cc1C)NC(=O)CO2. The van der Waals surface area contributed by atoms with Crippen molar-refractivity contribution in [3.63, 3.8) is 0 Å². The normalized spacial score (nSPS) is 18.6. The second-order valence-electron chi connectivity index (χ2n) is 8.18. The molecule has 2 aromatic rings. The van der Waals surface area contributed by atoms with Crippen molar-refractivity contribution in [1.82, 2.24) is 4.31 Å². The first-order chi connectivity index (χ1) is 15.2. The number of fused-ring (bicyclic) bond motifs is 1. The number of nitrogens with zero attached hydrogens (tertiary/aromatic N) is 1. The van der Waals surface area contributed by atoms with Crippen LogP contribution in [0.2, 0.25) is 0 Å². The van der Waals surface area contributed by atoms with Crippen LogP contribution in [0, 0.1) is 13.8 Å². The summed E-state index contributed by atoms with van der Waals surface area (Å²) >= 11 is 0. The minimum Gasteiger partial charge on any atom is -0.482 e. The van der Waals surface area contributed by atoms with Crippen molar-refractivity contribution < 1.29 is 22.7 Å². The van der Waals surface area contributed by atoms with Gasteiger partial charge in [0.1, 0.15) is 11.8 Å². The molecule has 0 radical (unpaired) electrons. The first-order valence-corrected chi connectivity index (χ1v) is 12.1. The van der Waals surface area contributed by atoms with Crippen LogP contribution in [0.25, 0.3) is 0 Å². The van der Waals surface area contributed by atoms with E-state index >= 15 is 0 Å². The molecule has 4 rings (SSSR count). The van der Waals surface area contributed by atoms with Crippen LogP contribution in [0.5, 0.6) is 5.75 Å². The molecule has 170 valence electrons. The highest BCUT2D eigenvalue weighted by atomic mass is 32.2. The van der Waals surface area contributed by atoms with Gasteiger partial charge in [-0.05, 0) is 55.9 Å². The summed E-state index contributed by atoms with van der Waals surface area (Å²) in [7, 11) is -3.95. The molecule has 1 saturated heterocycles. The summed E-state index contributed by atoms with van der Waals surface area (Å²) in [4.78, 5) is 24.8. The van der Waals surface area contributed by atoms with E-state index in [2.05, 4.69) is 10.6 Å². The van der Waals surface area contributed by atoms with E-state index in [1.807, 2.05) is 32.0 Å². The van der Waals surface area contributed by atoms with E-state index < -0.39 is 16.1 Å². The Bertz CT molecular complexity index is 1190. The van der Waals surface area contributed by atoms with E-state index in [1.54, 1.807) is 13.0 Å². The second kappa shape index (κ2) is 8.55. The van der Waals surface area contributed by atoms with Gasteiger partial charge in [0.15, 0.2) is 6.61 Å². The second-order valence-corrected chi connectivity index (χ2v) is 10.0. The van der Waals surface area contributed by atoms with Crippen molar-refractivity contribution in [1.29, 1.82) is 0 Å². The fourth-order valence-electron chi connectivity index (χ4n) is 4.32. The van der Waals surface area contributed by atoms with Crippen LogP contribution in [0.1, 0.15) is 36.5 Å². The van der Waals surface area contributed by atoms with Crippen LogP contribution in [-0.4, -0.2) is 43.7 Å². The van der Waals surface area contributed by atoms with Crippen LogP contribution in [-0.2, 0) is 26.0 Å². The molecule has 0 saturated carbocycles. The summed E-state index contributed by atoms with van der Waals surface area (Å²) < 4.78 is 33.8. The molecule has 0 spiro atoms. The molecule has 32 heavy (non-hydrogen) atoms. The van der Waals surface area contributed by atoms with E-state index in [0.717, 1.165) is 23.2 Å². The Kier molecular flexibility index (Phi) is 5.96. The number of hydrogen-bond acceptors (Lipinski definition) is 5. The molecule has 1 fully saturated rings. The van der Waals surface area contributed by atoms with E-state index in [9.17, 15) is 18.0 Å². The molecule has 0 aliphatic carbocycles. The predicted octanol–water partition coefficient (Wildman–Crippen LogP) is 2.99. The molecule has 8 nitrogen and oxygen atoms in total. The molecular weight excluding hydrogens is 430 g/mol. The van der Waals surface area contributed by atoms with Crippen molar-refractivity contribution in [2.45, 2.75) is 51.0 Å². The van der Waals surface area contributed by atoms with Crippen LogP contribution in [0.3, 0.4) is 0 Å². The van der Waals surface area contributed by atoms with Crippen molar-refractivity contribution in [2.75, 3.05) is 23.8 Å². The van der Waals surface area contributed by atoms with Gasteiger partial charge in [-0.25, -0.2) is 8.42 Å². The Morgan fingerprint density at radius 2 is 2.03 bits per heavy atom. The molecule has 2 heterocycles. The van der Waals surface area contributed by atoms with Gasteiger partial charge in [0.2, 0.25) is 15.9 Å². The summed E-state index contributed by atoms with van der Waals surface area (Å²) in [5.74, 6) is -0.304. The highest BCUT2D eigenvalue weighted by Gasteiger charge is 2.40. The van der Waals surface area contributed by atoms with Gasteiger partial charge in [-0.15, -0.1) is 0 Å². The number of carbonyl (C=O) groups is 2. The summed E-state index contributed by atoms with van der Waals surface area (Å²) in [6.07, 6.45) is 1.81. The molecule has 1 atom stereocenters. The van der Waals surface area contributed by atoms with Gasteiger partial charge >= 0.3 is 0 Å². The van der Waals surface area contributed by atoms with Crippen molar-refractivity contribution in [2.24, 2.45) is 0 Å². The van der Waals surface area contributed by atoms with Crippen LogP contribution >= 0.6 is 0 Å². The maximum Gasteiger partial charge on any atom is 0.262 e. The number of sulfonamides is 1. The maximum atomic E-state index is 13.6. The zero-order valence-electron chi connectivity index (χ0n) is 18.4. The van der Waals surface area contributed by atoms with Gasteiger partial charge in [0.05, 0.1) is 10.6 Å². The number of rotatable bonds is 5. The maximum absolute atomic E-state index is 13.6. The smallest absolute Gasteiger partial charge is 0.262 e. The first-order valence-electron chi connectivity index (χ1n) is 10.7. The van der Waals surface area contributed by atoms with Crippen LogP contribution in [0.15, 0.2) is 35.2 Å². The van der Waals surface area contributed by atoms with E-state index in [1.165, 1.54) is 10.4 Å². The fourth-order valence-corrected chi connectivity index (χ4v) is 6.20. The Morgan fingerprint density at radius 3 is 2.78 bits per heavy atom. The number of amides is 2. The number of carbonyl (C=O) groups excluding carboxylic acids is 2. The fraction of sp³-hybridized carbons (Fsp3) is 0.391. The number of ether oxygens (including phenoxy) is 1. The predicted molar refractivity (Wildman–Crippen MR) is 121 cm³/mol. The third kappa shape index (κ3) is 3.98. The zero-order chi connectivity index (χ0) is 23.0. The molecule has 2 amide bonds. The quantitative estimate of drug-likeness (QED) is 0.718. The number of benzene rings is 2. The highest BCUT2D eigenvalue weighted by Crippen LogP contribution is 2.36. The molecule has 0 aromatic heterocycles. The zero-order valence-corrected chi connectivity index (χ0v) is 19.2. The summed E-state index contributed by atoms with van der Waals surface area (Å²) in [6, 6.07) is 8.06. The Labute approximate surface area is 188 Å². The van der Waals surface area contributed by atoms with Crippen molar-refractivity contribution >= 4 is 33.2 Å². The Morgan fingerprint density at radius 1 is 1.25 bits per heavy atom. The minimum absolute atomic E-state index is 0.0808. The lowest BCUT2D eigenvalue weighted by Gasteiger charge is -2.26.